The fourth-order valence-corrected chi connectivity index (χ4v) is 4.01. The lowest BCUT2D eigenvalue weighted by Crippen LogP contribution is -2.43. The van der Waals surface area contributed by atoms with Gasteiger partial charge in [-0.1, -0.05) is 32.0 Å². The second kappa shape index (κ2) is 10.4. The van der Waals surface area contributed by atoms with E-state index in [9.17, 15) is 4.79 Å². The van der Waals surface area contributed by atoms with Gasteiger partial charge in [0.1, 0.15) is 5.75 Å². The lowest BCUT2D eigenvalue weighted by atomic mass is 9.92. The van der Waals surface area contributed by atoms with Crippen LogP contribution in [0.5, 0.6) is 5.75 Å². The Hall–Kier alpha value is -1.75. The molecule has 1 aromatic rings. The molecule has 2 rings (SSSR count). The summed E-state index contributed by atoms with van der Waals surface area (Å²) in [6.07, 6.45) is 3.08. The number of likely N-dealkylation sites (tertiary alicyclic amines) is 1. The lowest BCUT2D eigenvalue weighted by Gasteiger charge is -2.34. The van der Waals surface area contributed by atoms with Crippen molar-refractivity contribution >= 4 is 6.03 Å². The van der Waals surface area contributed by atoms with Crippen molar-refractivity contribution in [3.63, 3.8) is 0 Å². The number of hydrogen-bond acceptors (Lipinski definition) is 3. The van der Waals surface area contributed by atoms with Gasteiger partial charge in [-0.3, -0.25) is 0 Å². The predicted octanol–water partition coefficient (Wildman–Crippen LogP) is 3.29. The Balaban J connectivity index is 1.64. The molecule has 3 unspecified atom stereocenters. The monoisotopic (exact) mass is 361 g/mol. The highest BCUT2D eigenvalue weighted by molar-refractivity contribution is 5.74. The van der Waals surface area contributed by atoms with Crippen LogP contribution in [0.2, 0.25) is 0 Å². The maximum absolute atomic E-state index is 12.1. The van der Waals surface area contributed by atoms with Crippen molar-refractivity contribution in [1.29, 1.82) is 0 Å². The van der Waals surface area contributed by atoms with E-state index in [4.69, 9.17) is 4.74 Å². The van der Waals surface area contributed by atoms with Crippen molar-refractivity contribution in [2.75, 3.05) is 33.3 Å². The van der Waals surface area contributed by atoms with Crippen molar-refractivity contribution in [2.24, 2.45) is 11.8 Å². The average Bonchev–Trinajstić information content (AvgIpc) is 2.58. The Bertz CT molecular complexity index is 554. The van der Waals surface area contributed by atoms with Gasteiger partial charge in [-0.05, 0) is 56.2 Å². The summed E-state index contributed by atoms with van der Waals surface area (Å²) in [7, 11) is 1.67. The third-order valence-corrected chi connectivity index (χ3v) is 4.98. The minimum Gasteiger partial charge on any atom is -0.496 e. The molecular weight excluding hydrogens is 326 g/mol. The smallest absolute Gasteiger partial charge is 0.315 e. The van der Waals surface area contributed by atoms with E-state index >= 15 is 0 Å². The highest BCUT2D eigenvalue weighted by atomic mass is 16.5. The van der Waals surface area contributed by atoms with Gasteiger partial charge in [-0.2, -0.15) is 0 Å². The van der Waals surface area contributed by atoms with Crippen LogP contribution in [0.4, 0.5) is 4.79 Å². The van der Waals surface area contributed by atoms with E-state index in [0.29, 0.717) is 6.54 Å². The standard InChI is InChI=1S/C21H35N3O2/c1-16-12-17(2)15-24(14-16)11-7-10-22-21(25)23-18(3)13-19-8-5-6-9-20(19)26-4/h5-6,8-9,16-18H,7,10-15H2,1-4H3,(H2,22,23,25). The first-order valence-electron chi connectivity index (χ1n) is 9.86. The van der Waals surface area contributed by atoms with Crippen molar-refractivity contribution < 1.29 is 9.53 Å². The van der Waals surface area contributed by atoms with E-state index < -0.39 is 0 Å². The number of urea groups is 1. The number of hydrogen-bond donors (Lipinski definition) is 2. The Morgan fingerprint density at radius 1 is 1.27 bits per heavy atom. The molecule has 1 aliphatic heterocycles. The predicted molar refractivity (Wildman–Crippen MR) is 107 cm³/mol. The van der Waals surface area contributed by atoms with Crippen molar-refractivity contribution in [1.82, 2.24) is 15.5 Å². The minimum absolute atomic E-state index is 0.0510. The Morgan fingerprint density at radius 3 is 2.65 bits per heavy atom. The van der Waals surface area contributed by atoms with Gasteiger partial charge in [0.15, 0.2) is 0 Å². The summed E-state index contributed by atoms with van der Waals surface area (Å²) in [6, 6.07) is 7.90. The summed E-state index contributed by atoms with van der Waals surface area (Å²) < 4.78 is 5.37. The number of benzene rings is 1. The van der Waals surface area contributed by atoms with Gasteiger partial charge < -0.3 is 20.3 Å². The maximum Gasteiger partial charge on any atom is 0.315 e. The zero-order valence-electron chi connectivity index (χ0n) is 16.8. The zero-order chi connectivity index (χ0) is 18.9. The summed E-state index contributed by atoms with van der Waals surface area (Å²) in [5, 5.41) is 6.00. The number of carbonyl (C=O) groups excluding carboxylic acids is 1. The van der Waals surface area contributed by atoms with Crippen LogP contribution in [0, 0.1) is 11.8 Å². The van der Waals surface area contributed by atoms with Crippen LogP contribution in [-0.4, -0.2) is 50.3 Å². The number of carbonyl (C=O) groups is 1. The van der Waals surface area contributed by atoms with E-state index in [0.717, 1.165) is 42.5 Å². The third-order valence-electron chi connectivity index (χ3n) is 4.98. The Labute approximate surface area is 158 Å². The molecule has 146 valence electrons. The van der Waals surface area contributed by atoms with E-state index in [2.05, 4.69) is 29.4 Å². The van der Waals surface area contributed by atoms with Crippen LogP contribution in [-0.2, 0) is 6.42 Å². The molecule has 26 heavy (non-hydrogen) atoms. The van der Waals surface area contributed by atoms with Gasteiger partial charge >= 0.3 is 6.03 Å². The highest BCUT2D eigenvalue weighted by Gasteiger charge is 2.21. The molecule has 1 heterocycles. The summed E-state index contributed by atoms with van der Waals surface area (Å²) in [5.41, 5.74) is 1.11. The van der Waals surface area contributed by atoms with Gasteiger partial charge in [0.05, 0.1) is 7.11 Å². The third kappa shape index (κ3) is 6.87. The molecule has 1 fully saturated rings. The molecule has 0 aliphatic carbocycles. The largest absolute Gasteiger partial charge is 0.496 e. The molecule has 2 N–H and O–H groups in total. The van der Waals surface area contributed by atoms with Gasteiger partial charge in [-0.25, -0.2) is 4.79 Å². The molecule has 5 nitrogen and oxygen atoms in total. The molecule has 1 aromatic carbocycles. The summed E-state index contributed by atoms with van der Waals surface area (Å²) >= 11 is 0. The number of methoxy groups -OCH3 is 1. The van der Waals surface area contributed by atoms with E-state index in [-0.39, 0.29) is 12.1 Å². The molecule has 0 spiro atoms. The molecule has 3 atom stereocenters. The molecule has 1 saturated heterocycles. The zero-order valence-corrected chi connectivity index (χ0v) is 16.8. The van der Waals surface area contributed by atoms with Crippen molar-refractivity contribution in [3.05, 3.63) is 29.8 Å². The average molecular weight is 362 g/mol. The summed E-state index contributed by atoms with van der Waals surface area (Å²) in [5.74, 6) is 2.43. The molecule has 0 bridgehead atoms. The van der Waals surface area contributed by atoms with Crippen LogP contribution >= 0.6 is 0 Å². The van der Waals surface area contributed by atoms with Gasteiger partial charge in [0.25, 0.3) is 0 Å². The van der Waals surface area contributed by atoms with Crippen LogP contribution < -0.4 is 15.4 Å². The van der Waals surface area contributed by atoms with Gasteiger partial charge in [0.2, 0.25) is 0 Å². The number of nitrogens with one attached hydrogen (secondary N) is 2. The lowest BCUT2D eigenvalue weighted by molar-refractivity contribution is 0.139. The molecule has 0 aromatic heterocycles. The van der Waals surface area contributed by atoms with E-state index in [1.807, 2.05) is 31.2 Å². The molecular formula is C21H35N3O2. The number of ether oxygens (including phenoxy) is 1. The molecule has 5 heteroatoms. The van der Waals surface area contributed by atoms with Crippen molar-refractivity contribution in [3.8, 4) is 5.75 Å². The number of rotatable bonds is 8. The van der Waals surface area contributed by atoms with Crippen LogP contribution in [0.3, 0.4) is 0 Å². The number of piperidine rings is 1. The van der Waals surface area contributed by atoms with Crippen LogP contribution in [0.15, 0.2) is 24.3 Å². The number of amides is 2. The summed E-state index contributed by atoms with van der Waals surface area (Å²) in [6.45, 7) is 10.8. The molecule has 2 amide bonds. The highest BCUT2D eigenvalue weighted by Crippen LogP contribution is 2.21. The first-order chi connectivity index (χ1) is 12.5. The number of para-hydroxylation sites is 1. The van der Waals surface area contributed by atoms with Crippen LogP contribution in [0.1, 0.15) is 39.2 Å². The molecule has 0 radical (unpaired) electrons. The Morgan fingerprint density at radius 2 is 1.96 bits per heavy atom. The van der Waals surface area contributed by atoms with Gasteiger partial charge in [-0.15, -0.1) is 0 Å². The first kappa shape index (κ1) is 20.6. The summed E-state index contributed by atoms with van der Waals surface area (Å²) in [4.78, 5) is 14.6. The Kier molecular flexibility index (Phi) is 8.23. The molecule has 1 aliphatic rings. The second-order valence-corrected chi connectivity index (χ2v) is 7.88. The quantitative estimate of drug-likeness (QED) is 0.699. The topological polar surface area (TPSA) is 53.6 Å². The fourth-order valence-electron chi connectivity index (χ4n) is 4.01. The van der Waals surface area contributed by atoms with E-state index in [1.165, 1.54) is 19.5 Å². The molecule has 0 saturated carbocycles. The first-order valence-corrected chi connectivity index (χ1v) is 9.86. The fraction of sp³-hybridized carbons (Fsp3) is 0.667. The van der Waals surface area contributed by atoms with E-state index in [1.54, 1.807) is 7.11 Å². The maximum atomic E-state index is 12.1. The second-order valence-electron chi connectivity index (χ2n) is 7.88. The SMILES string of the molecule is COc1ccccc1CC(C)NC(=O)NCCCN1CC(C)CC(C)C1. The minimum atomic E-state index is -0.0900. The number of nitrogens with zero attached hydrogens (tertiary/aromatic N) is 1. The normalized spacial score (nSPS) is 21.8. The van der Waals surface area contributed by atoms with Crippen molar-refractivity contribution in [2.45, 2.75) is 46.1 Å². The van der Waals surface area contributed by atoms with Crippen LogP contribution in [0.25, 0.3) is 0 Å². The van der Waals surface area contributed by atoms with Gasteiger partial charge in [0, 0.05) is 25.7 Å².